The van der Waals surface area contributed by atoms with E-state index in [0.29, 0.717) is 22.6 Å². The summed E-state index contributed by atoms with van der Waals surface area (Å²) in [4.78, 5) is 19.9. The zero-order chi connectivity index (χ0) is 18.3. The monoisotopic (exact) mass is 368 g/mol. The van der Waals surface area contributed by atoms with Crippen LogP contribution in [0.4, 0.5) is 4.39 Å². The fourth-order valence-electron chi connectivity index (χ4n) is 3.64. The molecule has 1 saturated carbocycles. The van der Waals surface area contributed by atoms with Crippen molar-refractivity contribution in [2.24, 2.45) is 5.92 Å². The van der Waals surface area contributed by atoms with Crippen molar-refractivity contribution in [3.05, 3.63) is 47.8 Å². The van der Waals surface area contributed by atoms with Crippen LogP contribution >= 0.6 is 11.6 Å². The third-order valence-corrected chi connectivity index (χ3v) is 5.24. The SMILES string of the molecule is N=BC(=O)C[C@H]1C[C@H](n2cc(-c3cccc(F)c3)c3c(Cl)ncnc32)C1. The number of nitrogens with zero attached hydrogens (tertiary/aromatic N) is 3. The van der Waals surface area contributed by atoms with Gasteiger partial charge < -0.3 is 0 Å². The average Bonchev–Trinajstić information content (AvgIpc) is 2.98. The molecule has 0 spiro atoms. The number of hydrogen-bond acceptors (Lipinski definition) is 4. The van der Waals surface area contributed by atoms with Gasteiger partial charge in [0.05, 0.1) is 0 Å². The Morgan fingerprint density at radius 2 is 2.19 bits per heavy atom. The molecule has 0 saturated heterocycles. The number of benzene rings is 1. The summed E-state index contributed by atoms with van der Waals surface area (Å²) in [6.07, 6.45) is 5.46. The van der Waals surface area contributed by atoms with E-state index in [2.05, 4.69) is 14.5 Å². The summed E-state index contributed by atoms with van der Waals surface area (Å²) in [5, 5.41) is 8.06. The van der Waals surface area contributed by atoms with Crippen molar-refractivity contribution >= 4 is 35.4 Å². The van der Waals surface area contributed by atoms with E-state index >= 15 is 0 Å². The van der Waals surface area contributed by atoms with Crippen LogP contribution in [0, 0.1) is 17.0 Å². The average molecular weight is 369 g/mol. The van der Waals surface area contributed by atoms with Crippen molar-refractivity contribution in [3.8, 4) is 11.1 Å². The van der Waals surface area contributed by atoms with Crippen molar-refractivity contribution in [1.29, 1.82) is 5.31 Å². The Balaban J connectivity index is 1.72. The maximum absolute atomic E-state index is 13.7. The first-order chi connectivity index (χ1) is 12.6. The number of fused-ring (bicyclic) bond motifs is 1. The Kier molecular flexibility index (Phi) is 4.40. The van der Waals surface area contributed by atoms with Gasteiger partial charge in [-0.15, -0.1) is 0 Å². The van der Waals surface area contributed by atoms with Crippen LogP contribution < -0.4 is 0 Å². The molecule has 1 aliphatic rings. The third-order valence-electron chi connectivity index (χ3n) is 4.95. The molecule has 130 valence electrons. The fourth-order valence-corrected chi connectivity index (χ4v) is 3.87. The van der Waals surface area contributed by atoms with Gasteiger partial charge in [0, 0.05) is 0 Å². The minimum absolute atomic E-state index is 0.142. The third kappa shape index (κ3) is 2.96. The molecule has 26 heavy (non-hydrogen) atoms. The van der Waals surface area contributed by atoms with E-state index in [1.165, 1.54) is 18.5 Å². The second-order valence-corrected chi connectivity index (χ2v) is 6.99. The molecule has 2 heterocycles. The molecule has 0 aliphatic heterocycles. The Morgan fingerprint density at radius 3 is 2.92 bits per heavy atom. The zero-order valence-electron chi connectivity index (χ0n) is 13.8. The van der Waals surface area contributed by atoms with Gasteiger partial charge in [0.2, 0.25) is 0 Å². The van der Waals surface area contributed by atoms with Crippen molar-refractivity contribution < 1.29 is 9.18 Å². The minimum atomic E-state index is -0.315. The zero-order valence-corrected chi connectivity index (χ0v) is 14.6. The molecule has 4 rings (SSSR count). The van der Waals surface area contributed by atoms with Gasteiger partial charge in [0.1, 0.15) is 0 Å². The molecule has 8 heteroatoms. The van der Waals surface area contributed by atoms with Crippen LogP contribution in [0.5, 0.6) is 0 Å². The summed E-state index contributed by atoms with van der Waals surface area (Å²) in [6.45, 7) is 0. The summed E-state index contributed by atoms with van der Waals surface area (Å²) < 4.78 is 15.7. The van der Waals surface area contributed by atoms with Crippen molar-refractivity contribution in [3.63, 3.8) is 0 Å². The Morgan fingerprint density at radius 1 is 1.38 bits per heavy atom. The van der Waals surface area contributed by atoms with Gasteiger partial charge in [-0.25, -0.2) is 0 Å². The summed E-state index contributed by atoms with van der Waals surface area (Å²) in [5.41, 5.74) is 2.09. The van der Waals surface area contributed by atoms with Gasteiger partial charge >= 0.3 is 155 Å². The summed E-state index contributed by atoms with van der Waals surface area (Å²) in [5.74, 6) is -0.0354. The normalized spacial score (nSPS) is 19.2. The number of halogens is 2. The molecule has 1 aliphatic carbocycles. The van der Waals surface area contributed by atoms with E-state index in [0.717, 1.165) is 31.0 Å². The number of nitrogens with one attached hydrogen (secondary N) is 1. The second-order valence-electron chi connectivity index (χ2n) is 6.63. The first kappa shape index (κ1) is 17.0. The predicted molar refractivity (Wildman–Crippen MR) is 97.8 cm³/mol. The molecule has 0 unspecified atom stereocenters. The van der Waals surface area contributed by atoms with Crippen LogP contribution in [0.3, 0.4) is 0 Å². The first-order valence-corrected chi connectivity index (χ1v) is 8.75. The van der Waals surface area contributed by atoms with Crippen molar-refractivity contribution in [2.45, 2.75) is 25.3 Å². The van der Waals surface area contributed by atoms with Crippen molar-refractivity contribution in [1.82, 2.24) is 14.5 Å². The maximum atomic E-state index is 13.7. The van der Waals surface area contributed by atoms with Gasteiger partial charge in [-0.1, -0.05) is 0 Å². The number of hydrogen-bond donors (Lipinski definition) is 1. The number of carbonyl (C=O) groups excluding carboxylic acids is 1. The van der Waals surface area contributed by atoms with Gasteiger partial charge in [-0.3, -0.25) is 0 Å². The second kappa shape index (κ2) is 6.72. The van der Waals surface area contributed by atoms with Crippen LogP contribution in [0.25, 0.3) is 22.2 Å². The van der Waals surface area contributed by atoms with Crippen LogP contribution in [0.15, 0.2) is 36.8 Å². The summed E-state index contributed by atoms with van der Waals surface area (Å²) >= 11 is 6.32. The fraction of sp³-hybridized carbons (Fsp3) is 0.278. The topological polar surface area (TPSA) is 71.6 Å². The predicted octanol–water partition coefficient (Wildman–Crippen LogP) is 4.23. The van der Waals surface area contributed by atoms with Crippen LogP contribution in [-0.4, -0.2) is 27.3 Å². The van der Waals surface area contributed by atoms with Crippen LogP contribution in [-0.2, 0) is 4.79 Å². The molecule has 1 N–H and O–H groups in total. The summed E-state index contributed by atoms with van der Waals surface area (Å²) in [6, 6.07) is 6.56. The Labute approximate surface area is 155 Å². The quantitative estimate of drug-likeness (QED) is 0.541. The summed E-state index contributed by atoms with van der Waals surface area (Å²) in [7, 11) is 0.882. The number of rotatable bonds is 5. The Hall–Kier alpha value is -2.41. The van der Waals surface area contributed by atoms with Gasteiger partial charge in [-0.2, -0.15) is 0 Å². The molecule has 0 atom stereocenters. The molecule has 0 radical (unpaired) electrons. The van der Waals surface area contributed by atoms with Crippen LogP contribution in [0.1, 0.15) is 25.3 Å². The first-order valence-electron chi connectivity index (χ1n) is 8.37. The molecule has 0 bridgehead atoms. The number of carbonyl (C=O) groups is 1. The standard InChI is InChI=1S/C18H15BClFN4O/c20-17-16-14(11-2-1-3-12(21)7-11)8-25(18(16)24-9-23-17)13-4-10(5-13)6-15(26)19-22/h1-3,7-10,13,22H,4-6H2/t10-,13-. The Bertz CT molecular complexity index is 1020. The van der Waals surface area contributed by atoms with Crippen molar-refractivity contribution in [2.75, 3.05) is 0 Å². The van der Waals surface area contributed by atoms with E-state index in [9.17, 15) is 9.18 Å². The molecule has 1 fully saturated rings. The van der Waals surface area contributed by atoms with Gasteiger partial charge in [0.25, 0.3) is 0 Å². The molecule has 3 aromatic rings. The van der Waals surface area contributed by atoms with E-state index in [1.807, 2.05) is 12.3 Å². The molecule has 5 nitrogen and oxygen atoms in total. The molecule has 2 aromatic heterocycles. The van der Waals surface area contributed by atoms with Gasteiger partial charge in [-0.05, 0) is 0 Å². The van der Waals surface area contributed by atoms with E-state index in [4.69, 9.17) is 16.9 Å². The van der Waals surface area contributed by atoms with E-state index in [-0.39, 0.29) is 23.5 Å². The van der Waals surface area contributed by atoms with E-state index < -0.39 is 0 Å². The molecular weight excluding hydrogens is 353 g/mol. The molecular formula is C18H15BClFN4O. The van der Waals surface area contributed by atoms with Crippen LogP contribution in [0.2, 0.25) is 5.15 Å². The van der Waals surface area contributed by atoms with E-state index in [1.54, 1.807) is 6.07 Å². The molecule has 0 amide bonds. The van der Waals surface area contributed by atoms with Gasteiger partial charge in [0.15, 0.2) is 0 Å². The molecule has 1 aromatic carbocycles. The number of aromatic nitrogens is 3.